The van der Waals surface area contributed by atoms with Gasteiger partial charge in [-0.1, -0.05) is 47.5 Å². The van der Waals surface area contributed by atoms with E-state index < -0.39 is 0 Å². The van der Waals surface area contributed by atoms with Crippen LogP contribution >= 0.6 is 0 Å². The van der Waals surface area contributed by atoms with Gasteiger partial charge in [-0.2, -0.15) is 0 Å². The zero-order valence-electron chi connectivity index (χ0n) is 10.8. The Morgan fingerprint density at radius 2 is 1.71 bits per heavy atom. The second-order valence-corrected chi connectivity index (χ2v) is 6.21. The molecule has 1 aliphatic carbocycles. The fourth-order valence-corrected chi connectivity index (χ4v) is 2.88. The van der Waals surface area contributed by atoms with Gasteiger partial charge < -0.3 is 0 Å². The fraction of sp³-hybridized carbons (Fsp3) is 1.00. The van der Waals surface area contributed by atoms with Gasteiger partial charge in [0.05, 0.1) is 0 Å². The van der Waals surface area contributed by atoms with Gasteiger partial charge in [0.25, 0.3) is 0 Å². The smallest absolute Gasteiger partial charge is 0.0295 e. The van der Waals surface area contributed by atoms with Crippen LogP contribution in [0.5, 0.6) is 0 Å². The third-order valence-corrected chi connectivity index (χ3v) is 4.45. The first-order valence-electron chi connectivity index (χ1n) is 6.48. The van der Waals surface area contributed by atoms with Crippen LogP contribution in [0, 0.1) is 23.2 Å². The van der Waals surface area contributed by atoms with Gasteiger partial charge in [-0.25, -0.2) is 0 Å². The van der Waals surface area contributed by atoms with Gasteiger partial charge in [-0.05, 0) is 42.4 Å². The van der Waals surface area contributed by atoms with E-state index >= 15 is 0 Å². The number of rotatable bonds is 5. The van der Waals surface area contributed by atoms with Gasteiger partial charge in [-0.15, -0.1) is 0 Å². The van der Waals surface area contributed by atoms with Crippen molar-refractivity contribution in [2.75, 3.05) is 0 Å². The normalized spacial score (nSPS) is 34.3. The van der Waals surface area contributed by atoms with E-state index in [0.717, 1.165) is 17.8 Å². The summed E-state index contributed by atoms with van der Waals surface area (Å²) in [5.41, 5.74) is 0.690. The van der Waals surface area contributed by atoms with Gasteiger partial charge in [0.2, 0.25) is 0 Å². The highest BCUT2D eigenvalue weighted by atomic mass is 14.5. The van der Waals surface area contributed by atoms with Gasteiger partial charge in [0.1, 0.15) is 0 Å². The Morgan fingerprint density at radius 3 is 2.14 bits per heavy atom. The zero-order chi connectivity index (χ0) is 10.8. The lowest BCUT2D eigenvalue weighted by molar-refractivity contribution is 0.0100. The minimum absolute atomic E-state index is 0.690. The average molecular weight is 196 g/mol. The largest absolute Gasteiger partial charge is 0.0651 e. The molecule has 1 unspecified atom stereocenters. The van der Waals surface area contributed by atoms with E-state index in [4.69, 9.17) is 0 Å². The highest BCUT2D eigenvalue weighted by Gasteiger charge is 2.42. The summed E-state index contributed by atoms with van der Waals surface area (Å²) in [6.45, 7) is 12.0. The molecule has 0 aromatic heterocycles. The molecule has 0 heteroatoms. The molecule has 1 fully saturated rings. The molecule has 0 heterocycles. The minimum atomic E-state index is 0.690. The first-order valence-corrected chi connectivity index (χ1v) is 6.48. The van der Waals surface area contributed by atoms with Gasteiger partial charge in [0, 0.05) is 0 Å². The SMILES string of the molecule is CCC1CC(C)(C(C)CCC(C)C)C1. The van der Waals surface area contributed by atoms with E-state index in [-0.39, 0.29) is 0 Å². The first-order chi connectivity index (χ1) is 6.48. The molecule has 14 heavy (non-hydrogen) atoms. The van der Waals surface area contributed by atoms with Crippen LogP contribution < -0.4 is 0 Å². The lowest BCUT2D eigenvalue weighted by Crippen LogP contribution is -2.39. The molecule has 0 bridgehead atoms. The van der Waals surface area contributed by atoms with Crippen LogP contribution in [0.15, 0.2) is 0 Å². The summed E-state index contributed by atoms with van der Waals surface area (Å²) < 4.78 is 0. The molecule has 0 nitrogen and oxygen atoms in total. The van der Waals surface area contributed by atoms with Crippen molar-refractivity contribution in [3.63, 3.8) is 0 Å². The Kier molecular flexibility index (Phi) is 4.04. The summed E-state index contributed by atoms with van der Waals surface area (Å²) in [5.74, 6) is 2.86. The van der Waals surface area contributed by atoms with Gasteiger partial charge >= 0.3 is 0 Å². The molecule has 0 aromatic rings. The molecule has 1 atom stereocenters. The summed E-state index contributed by atoms with van der Waals surface area (Å²) in [6, 6.07) is 0. The van der Waals surface area contributed by atoms with Crippen LogP contribution in [0.2, 0.25) is 0 Å². The number of hydrogen-bond acceptors (Lipinski definition) is 0. The highest BCUT2D eigenvalue weighted by molar-refractivity contribution is 4.92. The summed E-state index contributed by atoms with van der Waals surface area (Å²) >= 11 is 0. The molecule has 0 saturated heterocycles. The first kappa shape index (κ1) is 12.1. The van der Waals surface area contributed by atoms with E-state index in [1.807, 2.05) is 0 Å². The van der Waals surface area contributed by atoms with Crippen LogP contribution in [-0.2, 0) is 0 Å². The molecule has 1 saturated carbocycles. The molecule has 0 aliphatic heterocycles. The monoisotopic (exact) mass is 196 g/mol. The molecule has 1 rings (SSSR count). The second kappa shape index (κ2) is 4.68. The Balaban J connectivity index is 2.27. The molecule has 0 radical (unpaired) electrons. The van der Waals surface area contributed by atoms with Crippen molar-refractivity contribution < 1.29 is 0 Å². The topological polar surface area (TPSA) is 0 Å². The predicted molar refractivity (Wildman–Crippen MR) is 64.4 cm³/mol. The molecular formula is C14H28. The van der Waals surface area contributed by atoms with Crippen molar-refractivity contribution >= 4 is 0 Å². The highest BCUT2D eigenvalue weighted by Crippen LogP contribution is 2.52. The van der Waals surface area contributed by atoms with Crippen molar-refractivity contribution in [1.29, 1.82) is 0 Å². The van der Waals surface area contributed by atoms with E-state index in [0.29, 0.717) is 5.41 Å². The Hall–Kier alpha value is 0. The van der Waals surface area contributed by atoms with Crippen molar-refractivity contribution in [3.05, 3.63) is 0 Å². The molecule has 1 aliphatic rings. The standard InChI is InChI=1S/C14H28/c1-6-13-9-14(5,10-13)12(4)8-7-11(2)3/h11-13H,6-10H2,1-5H3. The number of hydrogen-bond donors (Lipinski definition) is 0. The molecule has 0 amide bonds. The predicted octanol–water partition coefficient (Wildman–Crippen LogP) is 4.89. The molecular weight excluding hydrogens is 168 g/mol. The average Bonchev–Trinajstić information content (AvgIpc) is 2.08. The lowest BCUT2D eigenvalue weighted by Gasteiger charge is -2.49. The van der Waals surface area contributed by atoms with Crippen molar-refractivity contribution in [3.8, 4) is 0 Å². The third kappa shape index (κ3) is 2.74. The maximum atomic E-state index is 2.50. The lowest BCUT2D eigenvalue weighted by atomic mass is 9.56. The van der Waals surface area contributed by atoms with Gasteiger partial charge in [-0.3, -0.25) is 0 Å². The van der Waals surface area contributed by atoms with E-state index in [2.05, 4.69) is 34.6 Å². The molecule has 0 spiro atoms. The molecule has 84 valence electrons. The van der Waals surface area contributed by atoms with Gasteiger partial charge in [0.15, 0.2) is 0 Å². The Morgan fingerprint density at radius 1 is 1.14 bits per heavy atom. The van der Waals surface area contributed by atoms with Crippen LogP contribution in [0.1, 0.15) is 66.7 Å². The third-order valence-electron chi connectivity index (χ3n) is 4.45. The molecule has 0 N–H and O–H groups in total. The second-order valence-electron chi connectivity index (χ2n) is 6.21. The summed E-state index contributed by atoms with van der Waals surface area (Å²) in [6.07, 6.45) is 7.22. The summed E-state index contributed by atoms with van der Waals surface area (Å²) in [4.78, 5) is 0. The van der Waals surface area contributed by atoms with E-state index in [9.17, 15) is 0 Å². The van der Waals surface area contributed by atoms with Crippen LogP contribution in [0.4, 0.5) is 0 Å². The van der Waals surface area contributed by atoms with Crippen molar-refractivity contribution in [2.45, 2.75) is 66.7 Å². The maximum absolute atomic E-state index is 2.50. The van der Waals surface area contributed by atoms with Crippen LogP contribution in [0.3, 0.4) is 0 Å². The summed E-state index contributed by atoms with van der Waals surface area (Å²) in [7, 11) is 0. The van der Waals surface area contributed by atoms with E-state index in [1.165, 1.54) is 32.1 Å². The Labute approximate surface area is 90.5 Å². The zero-order valence-corrected chi connectivity index (χ0v) is 10.8. The van der Waals surface area contributed by atoms with Crippen LogP contribution in [-0.4, -0.2) is 0 Å². The summed E-state index contributed by atoms with van der Waals surface area (Å²) in [5, 5.41) is 0. The van der Waals surface area contributed by atoms with Crippen molar-refractivity contribution in [2.24, 2.45) is 23.2 Å². The fourth-order valence-electron chi connectivity index (χ4n) is 2.88. The maximum Gasteiger partial charge on any atom is -0.0295 e. The van der Waals surface area contributed by atoms with Crippen LogP contribution in [0.25, 0.3) is 0 Å². The molecule has 0 aromatic carbocycles. The van der Waals surface area contributed by atoms with E-state index in [1.54, 1.807) is 0 Å². The quantitative estimate of drug-likeness (QED) is 0.587. The minimum Gasteiger partial charge on any atom is -0.0651 e. The Bertz CT molecular complexity index is 163. The van der Waals surface area contributed by atoms with Crippen molar-refractivity contribution in [1.82, 2.24) is 0 Å².